The first-order valence-corrected chi connectivity index (χ1v) is 6.51. The molecule has 4 heteroatoms. The summed E-state index contributed by atoms with van der Waals surface area (Å²) in [5, 5.41) is 0. The molecule has 0 radical (unpaired) electrons. The van der Waals surface area contributed by atoms with Crippen molar-refractivity contribution >= 4 is 17.2 Å². The summed E-state index contributed by atoms with van der Waals surface area (Å²) in [6.45, 7) is 4.30. The predicted molar refractivity (Wildman–Crippen MR) is 80.7 cm³/mol. The van der Waals surface area contributed by atoms with E-state index in [4.69, 9.17) is 22.7 Å². The Labute approximate surface area is 118 Å². The number of hydrogen-bond acceptors (Lipinski definition) is 3. The first-order chi connectivity index (χ1) is 9.06. The number of nitrogens with two attached hydrogens (primary N) is 1. The number of ether oxygens (including phenoxy) is 1. The molecule has 19 heavy (non-hydrogen) atoms. The van der Waals surface area contributed by atoms with Crippen molar-refractivity contribution in [3.63, 3.8) is 0 Å². The molecule has 2 N–H and O–H groups in total. The van der Waals surface area contributed by atoms with Crippen LogP contribution in [0.5, 0.6) is 11.5 Å². The standard InChI is InChI=1S/C15H16N2OS/c1-10(2)11-4-3-5-12(8-11)18-13-6-7-17-14(9-13)15(16)19/h3-10H,1-2H3,(H2,16,19). The van der Waals surface area contributed by atoms with Gasteiger partial charge in [-0.05, 0) is 29.7 Å². The lowest BCUT2D eigenvalue weighted by atomic mass is 10.0. The van der Waals surface area contributed by atoms with Crippen molar-refractivity contribution in [2.75, 3.05) is 0 Å². The Balaban J connectivity index is 2.23. The van der Waals surface area contributed by atoms with Crippen molar-refractivity contribution in [3.05, 3.63) is 53.9 Å². The van der Waals surface area contributed by atoms with Gasteiger partial charge in [-0.15, -0.1) is 0 Å². The number of nitrogens with zero attached hydrogens (tertiary/aromatic N) is 1. The fourth-order valence-electron chi connectivity index (χ4n) is 1.68. The molecule has 1 heterocycles. The Kier molecular flexibility index (Phi) is 4.12. The third kappa shape index (κ3) is 3.51. The molecule has 0 spiro atoms. The van der Waals surface area contributed by atoms with E-state index in [1.54, 1.807) is 18.3 Å². The molecule has 0 aliphatic rings. The summed E-state index contributed by atoms with van der Waals surface area (Å²) in [6.07, 6.45) is 1.64. The van der Waals surface area contributed by atoms with Crippen molar-refractivity contribution < 1.29 is 4.74 Å². The summed E-state index contributed by atoms with van der Waals surface area (Å²) < 4.78 is 5.80. The topological polar surface area (TPSA) is 48.1 Å². The Morgan fingerprint density at radius 2 is 1.95 bits per heavy atom. The van der Waals surface area contributed by atoms with Crippen LogP contribution in [0.4, 0.5) is 0 Å². The average molecular weight is 272 g/mol. The Morgan fingerprint density at radius 3 is 2.63 bits per heavy atom. The first-order valence-electron chi connectivity index (χ1n) is 6.10. The Morgan fingerprint density at radius 1 is 1.21 bits per heavy atom. The van der Waals surface area contributed by atoms with Gasteiger partial charge in [0.15, 0.2) is 0 Å². The van der Waals surface area contributed by atoms with Gasteiger partial charge in [0.2, 0.25) is 0 Å². The highest BCUT2D eigenvalue weighted by atomic mass is 32.1. The van der Waals surface area contributed by atoms with Gasteiger partial charge in [-0.2, -0.15) is 0 Å². The number of benzene rings is 1. The second-order valence-corrected chi connectivity index (χ2v) is 5.01. The van der Waals surface area contributed by atoms with E-state index in [9.17, 15) is 0 Å². The fraction of sp³-hybridized carbons (Fsp3) is 0.200. The molecule has 0 amide bonds. The highest BCUT2D eigenvalue weighted by Gasteiger charge is 2.04. The zero-order chi connectivity index (χ0) is 13.8. The Hall–Kier alpha value is -1.94. The normalized spacial score (nSPS) is 10.5. The van der Waals surface area contributed by atoms with Crippen molar-refractivity contribution in [3.8, 4) is 11.5 Å². The van der Waals surface area contributed by atoms with Gasteiger partial charge in [-0.25, -0.2) is 0 Å². The lowest BCUT2D eigenvalue weighted by Crippen LogP contribution is -2.11. The van der Waals surface area contributed by atoms with E-state index in [2.05, 4.69) is 24.9 Å². The van der Waals surface area contributed by atoms with E-state index < -0.39 is 0 Å². The third-order valence-corrected chi connectivity index (χ3v) is 2.95. The maximum atomic E-state index is 5.80. The molecule has 2 rings (SSSR count). The second kappa shape index (κ2) is 5.80. The van der Waals surface area contributed by atoms with Crippen molar-refractivity contribution in [1.29, 1.82) is 0 Å². The largest absolute Gasteiger partial charge is 0.457 e. The lowest BCUT2D eigenvalue weighted by molar-refractivity contribution is 0.480. The van der Waals surface area contributed by atoms with Crippen LogP contribution in [-0.2, 0) is 0 Å². The van der Waals surface area contributed by atoms with Gasteiger partial charge in [-0.3, -0.25) is 4.98 Å². The second-order valence-electron chi connectivity index (χ2n) is 4.57. The third-order valence-electron chi connectivity index (χ3n) is 2.74. The maximum Gasteiger partial charge on any atom is 0.131 e. The summed E-state index contributed by atoms with van der Waals surface area (Å²) in [5.74, 6) is 1.94. The van der Waals surface area contributed by atoms with E-state index in [-0.39, 0.29) is 4.99 Å². The van der Waals surface area contributed by atoms with Gasteiger partial charge in [0.1, 0.15) is 22.2 Å². The minimum Gasteiger partial charge on any atom is -0.457 e. The number of thiocarbonyl (C=S) groups is 1. The quantitative estimate of drug-likeness (QED) is 0.863. The molecule has 98 valence electrons. The zero-order valence-electron chi connectivity index (χ0n) is 11.0. The molecule has 0 aliphatic carbocycles. The van der Waals surface area contributed by atoms with Crippen LogP contribution < -0.4 is 10.5 Å². The molecule has 1 aromatic heterocycles. The van der Waals surface area contributed by atoms with Crippen LogP contribution in [-0.4, -0.2) is 9.97 Å². The van der Waals surface area contributed by atoms with E-state index in [0.717, 1.165) is 5.75 Å². The van der Waals surface area contributed by atoms with E-state index in [1.807, 2.05) is 18.2 Å². The van der Waals surface area contributed by atoms with Crippen LogP contribution in [0.2, 0.25) is 0 Å². The smallest absolute Gasteiger partial charge is 0.131 e. The van der Waals surface area contributed by atoms with Crippen LogP contribution >= 0.6 is 12.2 Å². The average Bonchev–Trinajstić information content (AvgIpc) is 2.39. The van der Waals surface area contributed by atoms with Gasteiger partial charge in [-0.1, -0.05) is 38.2 Å². The fourth-order valence-corrected chi connectivity index (χ4v) is 1.79. The van der Waals surface area contributed by atoms with Crippen LogP contribution in [0.1, 0.15) is 31.0 Å². The minimum atomic E-state index is 0.265. The number of aromatic nitrogens is 1. The van der Waals surface area contributed by atoms with Crippen LogP contribution in [0.15, 0.2) is 42.6 Å². The molecule has 0 bridgehead atoms. The van der Waals surface area contributed by atoms with Gasteiger partial charge in [0.05, 0.1) is 0 Å². The van der Waals surface area contributed by atoms with Gasteiger partial charge >= 0.3 is 0 Å². The Bertz CT molecular complexity index is 596. The molecule has 0 fully saturated rings. The van der Waals surface area contributed by atoms with Crippen molar-refractivity contribution in [1.82, 2.24) is 4.98 Å². The maximum absolute atomic E-state index is 5.80. The van der Waals surface area contributed by atoms with E-state index >= 15 is 0 Å². The van der Waals surface area contributed by atoms with E-state index in [0.29, 0.717) is 17.4 Å². The molecule has 2 aromatic rings. The zero-order valence-corrected chi connectivity index (χ0v) is 11.8. The van der Waals surface area contributed by atoms with Crippen molar-refractivity contribution in [2.45, 2.75) is 19.8 Å². The molecule has 1 aromatic carbocycles. The molecule has 0 saturated heterocycles. The molecule has 0 unspecified atom stereocenters. The van der Waals surface area contributed by atoms with E-state index in [1.165, 1.54) is 5.56 Å². The summed E-state index contributed by atoms with van der Waals surface area (Å²) in [6, 6.07) is 11.6. The lowest BCUT2D eigenvalue weighted by Gasteiger charge is -2.10. The van der Waals surface area contributed by atoms with Crippen LogP contribution in [0.3, 0.4) is 0 Å². The molecule has 3 nitrogen and oxygen atoms in total. The number of hydrogen-bond donors (Lipinski definition) is 1. The minimum absolute atomic E-state index is 0.265. The number of rotatable bonds is 4. The summed E-state index contributed by atoms with van der Waals surface area (Å²) in [4.78, 5) is 4.35. The van der Waals surface area contributed by atoms with Gasteiger partial charge in [0, 0.05) is 12.3 Å². The highest BCUT2D eigenvalue weighted by Crippen LogP contribution is 2.25. The molecular weight excluding hydrogens is 256 g/mol. The molecular formula is C15H16N2OS. The van der Waals surface area contributed by atoms with Crippen molar-refractivity contribution in [2.24, 2.45) is 5.73 Å². The van der Waals surface area contributed by atoms with Gasteiger partial charge in [0.25, 0.3) is 0 Å². The van der Waals surface area contributed by atoms with Crippen LogP contribution in [0, 0.1) is 0 Å². The summed E-state index contributed by atoms with van der Waals surface area (Å²) >= 11 is 4.90. The summed E-state index contributed by atoms with van der Waals surface area (Å²) in [5.41, 5.74) is 7.35. The SMILES string of the molecule is CC(C)c1cccc(Oc2ccnc(C(N)=S)c2)c1. The van der Waals surface area contributed by atoms with Crippen LogP contribution in [0.25, 0.3) is 0 Å². The van der Waals surface area contributed by atoms with Gasteiger partial charge < -0.3 is 10.5 Å². The number of pyridine rings is 1. The first kappa shape index (κ1) is 13.5. The predicted octanol–water partition coefficient (Wildman–Crippen LogP) is 3.63. The monoisotopic (exact) mass is 272 g/mol. The molecule has 0 saturated carbocycles. The molecule has 0 aliphatic heterocycles. The highest BCUT2D eigenvalue weighted by molar-refractivity contribution is 7.80. The molecule has 0 atom stereocenters. The summed E-state index contributed by atoms with van der Waals surface area (Å²) in [7, 11) is 0.